The van der Waals surface area contributed by atoms with Crippen molar-refractivity contribution in [2.24, 2.45) is 5.41 Å². The molecule has 6 nitrogen and oxygen atoms in total. The second-order valence-corrected chi connectivity index (χ2v) is 8.77. The number of hydrogen-bond donors (Lipinski definition) is 0. The molecule has 2 rings (SSSR count). The second kappa shape index (κ2) is 9.12. The van der Waals surface area contributed by atoms with Crippen molar-refractivity contribution in [3.8, 4) is 0 Å². The van der Waals surface area contributed by atoms with E-state index in [1.54, 1.807) is 0 Å². The van der Waals surface area contributed by atoms with Crippen molar-refractivity contribution in [3.63, 3.8) is 0 Å². The molecule has 0 aromatic heterocycles. The maximum absolute atomic E-state index is 12.5. The summed E-state index contributed by atoms with van der Waals surface area (Å²) in [6, 6.07) is 0. The van der Waals surface area contributed by atoms with Gasteiger partial charge in [0.05, 0.1) is 23.4 Å². The van der Waals surface area contributed by atoms with Gasteiger partial charge in [-0.05, 0) is 57.8 Å². The molecule has 0 bridgehead atoms. The van der Waals surface area contributed by atoms with Crippen LogP contribution in [0, 0.1) is 5.41 Å². The number of carbonyl (C=O) groups excluding carboxylic acids is 2. The summed E-state index contributed by atoms with van der Waals surface area (Å²) in [5, 5.41) is 23.4. The molecule has 0 aromatic rings. The molecule has 2 heterocycles. The highest BCUT2D eigenvalue weighted by Gasteiger charge is 2.62. The summed E-state index contributed by atoms with van der Waals surface area (Å²) in [6.45, 7) is 8.24. The Kier molecular flexibility index (Phi) is 7.54. The van der Waals surface area contributed by atoms with E-state index in [9.17, 15) is 19.8 Å². The van der Waals surface area contributed by atoms with Gasteiger partial charge in [0.2, 0.25) is 0 Å². The number of carboxylic acid groups (broad SMARTS) is 2. The average Bonchev–Trinajstić information content (AvgIpc) is 3.51. The Morgan fingerprint density at radius 2 is 1.36 bits per heavy atom. The molecular weight excluding hydrogens is 360 g/mol. The van der Waals surface area contributed by atoms with Crippen molar-refractivity contribution >= 4 is 11.9 Å². The van der Waals surface area contributed by atoms with E-state index in [4.69, 9.17) is 9.47 Å². The molecule has 4 unspecified atom stereocenters. The second-order valence-electron chi connectivity index (χ2n) is 8.77. The van der Waals surface area contributed by atoms with Gasteiger partial charge in [0.25, 0.3) is 0 Å². The molecule has 28 heavy (non-hydrogen) atoms. The fraction of sp³-hybridized carbons (Fsp3) is 0.909. The Bertz CT molecular complexity index is 531. The number of ether oxygens (including phenoxy) is 2. The zero-order chi connectivity index (χ0) is 21.0. The third kappa shape index (κ3) is 4.88. The van der Waals surface area contributed by atoms with Crippen LogP contribution in [-0.2, 0) is 19.1 Å². The predicted molar refractivity (Wildman–Crippen MR) is 101 cm³/mol. The van der Waals surface area contributed by atoms with Gasteiger partial charge in [-0.2, -0.15) is 0 Å². The average molecular weight is 397 g/mol. The van der Waals surface area contributed by atoms with E-state index < -0.39 is 28.6 Å². The smallest absolute Gasteiger partial charge is 0.0954 e. The predicted octanol–water partition coefficient (Wildman–Crippen LogP) is 2.12. The highest BCUT2D eigenvalue weighted by Crippen LogP contribution is 2.57. The quantitative estimate of drug-likeness (QED) is 0.393. The first kappa shape index (κ1) is 23.1. The molecular formula is C22H36O6-2. The molecule has 0 N–H and O–H groups in total. The number of epoxide rings is 2. The van der Waals surface area contributed by atoms with Crippen molar-refractivity contribution in [3.05, 3.63) is 0 Å². The molecule has 0 radical (unpaired) electrons. The lowest BCUT2D eigenvalue weighted by Crippen LogP contribution is -2.48. The minimum absolute atomic E-state index is 0.0755. The van der Waals surface area contributed by atoms with Gasteiger partial charge in [-0.25, -0.2) is 0 Å². The van der Waals surface area contributed by atoms with Crippen LogP contribution in [0.25, 0.3) is 0 Å². The van der Waals surface area contributed by atoms with E-state index in [1.165, 1.54) is 0 Å². The van der Waals surface area contributed by atoms with E-state index >= 15 is 0 Å². The standard InChI is InChI=1S/C22H38O6/c1-5-10-16-21(7-3,27-16)14-20(19(25)26,13-9-12-18(23)24)15-22(8-4)17(28-22)11-6-2/h16-17H,5-15H2,1-4H3,(H,23,24)(H,25,26)/p-2. The molecule has 0 amide bonds. The van der Waals surface area contributed by atoms with Crippen LogP contribution < -0.4 is 10.2 Å². The number of carboxylic acids is 2. The lowest BCUT2D eigenvalue weighted by molar-refractivity contribution is -0.322. The highest BCUT2D eigenvalue weighted by atomic mass is 16.6. The number of rotatable bonds is 15. The van der Waals surface area contributed by atoms with Gasteiger partial charge < -0.3 is 29.3 Å². The molecule has 2 aliphatic heterocycles. The van der Waals surface area contributed by atoms with Crippen molar-refractivity contribution in [1.82, 2.24) is 0 Å². The number of carbonyl (C=O) groups is 2. The summed E-state index contributed by atoms with van der Waals surface area (Å²) in [6.07, 6.45) is 6.49. The van der Waals surface area contributed by atoms with Crippen molar-refractivity contribution < 1.29 is 29.3 Å². The molecule has 0 spiro atoms. The zero-order valence-corrected chi connectivity index (χ0v) is 17.9. The summed E-state index contributed by atoms with van der Waals surface area (Å²) in [5.41, 5.74) is -2.03. The summed E-state index contributed by atoms with van der Waals surface area (Å²) in [7, 11) is 0. The van der Waals surface area contributed by atoms with E-state index in [1.807, 2.05) is 13.8 Å². The van der Waals surface area contributed by atoms with Gasteiger partial charge in [0.1, 0.15) is 0 Å². The molecule has 2 aliphatic rings. The summed E-state index contributed by atoms with van der Waals surface area (Å²) >= 11 is 0. The SMILES string of the molecule is CCCC1OC1(CC)CC(CCCC(=O)[O-])(CC1(CC)OC1CCC)C(=O)[O-]. The van der Waals surface area contributed by atoms with Gasteiger partial charge >= 0.3 is 0 Å². The van der Waals surface area contributed by atoms with Crippen LogP contribution in [0.4, 0.5) is 0 Å². The molecule has 0 aromatic carbocycles. The normalized spacial score (nSPS) is 33.3. The molecule has 162 valence electrons. The minimum Gasteiger partial charge on any atom is -0.550 e. The van der Waals surface area contributed by atoms with Crippen LogP contribution in [0.15, 0.2) is 0 Å². The molecule has 0 saturated carbocycles. The van der Waals surface area contributed by atoms with Gasteiger partial charge in [-0.3, -0.25) is 0 Å². The number of hydrogen-bond acceptors (Lipinski definition) is 6. The molecule has 6 heteroatoms. The Hall–Kier alpha value is -1.14. The van der Waals surface area contributed by atoms with E-state index in [0.717, 1.165) is 38.5 Å². The molecule has 2 fully saturated rings. The maximum atomic E-state index is 12.5. The summed E-state index contributed by atoms with van der Waals surface area (Å²) in [5.74, 6) is -2.26. The highest BCUT2D eigenvalue weighted by molar-refractivity contribution is 5.73. The fourth-order valence-corrected chi connectivity index (χ4v) is 5.05. The molecule has 2 saturated heterocycles. The lowest BCUT2D eigenvalue weighted by Gasteiger charge is -2.39. The van der Waals surface area contributed by atoms with Crippen molar-refractivity contribution in [2.75, 3.05) is 0 Å². The first-order valence-corrected chi connectivity index (χ1v) is 11.0. The third-order valence-corrected chi connectivity index (χ3v) is 6.86. The van der Waals surface area contributed by atoms with Gasteiger partial charge in [-0.1, -0.05) is 40.5 Å². The minimum atomic E-state index is -1.15. The first-order chi connectivity index (χ1) is 13.2. The third-order valence-electron chi connectivity index (χ3n) is 6.86. The van der Waals surface area contributed by atoms with Crippen LogP contribution >= 0.6 is 0 Å². The monoisotopic (exact) mass is 396 g/mol. The largest absolute Gasteiger partial charge is 0.550 e. The Morgan fingerprint density at radius 3 is 1.68 bits per heavy atom. The lowest BCUT2D eigenvalue weighted by atomic mass is 9.67. The van der Waals surface area contributed by atoms with E-state index in [-0.39, 0.29) is 31.5 Å². The van der Waals surface area contributed by atoms with Crippen LogP contribution in [0.5, 0.6) is 0 Å². The van der Waals surface area contributed by atoms with Gasteiger partial charge in [0, 0.05) is 17.4 Å². The topological polar surface area (TPSA) is 105 Å². The van der Waals surface area contributed by atoms with Crippen LogP contribution in [-0.4, -0.2) is 35.3 Å². The van der Waals surface area contributed by atoms with Crippen molar-refractivity contribution in [1.29, 1.82) is 0 Å². The maximum Gasteiger partial charge on any atom is 0.0954 e. The Balaban J connectivity index is 2.25. The first-order valence-electron chi connectivity index (χ1n) is 11.0. The van der Waals surface area contributed by atoms with E-state index in [2.05, 4.69) is 13.8 Å². The fourth-order valence-electron chi connectivity index (χ4n) is 5.05. The van der Waals surface area contributed by atoms with Gasteiger partial charge in [0.15, 0.2) is 0 Å². The van der Waals surface area contributed by atoms with Crippen molar-refractivity contribution in [2.45, 2.75) is 122 Å². The Labute approximate surface area is 169 Å². The Morgan fingerprint density at radius 1 is 0.893 bits per heavy atom. The van der Waals surface area contributed by atoms with Crippen LogP contribution in [0.3, 0.4) is 0 Å². The summed E-state index contributed by atoms with van der Waals surface area (Å²) in [4.78, 5) is 23.4. The molecule has 4 atom stereocenters. The number of aliphatic carboxylic acids is 2. The molecule has 0 aliphatic carbocycles. The zero-order valence-electron chi connectivity index (χ0n) is 17.9. The van der Waals surface area contributed by atoms with Gasteiger partial charge in [-0.15, -0.1) is 0 Å². The van der Waals surface area contributed by atoms with Crippen LogP contribution in [0.1, 0.15) is 98.3 Å². The van der Waals surface area contributed by atoms with Crippen LogP contribution in [0.2, 0.25) is 0 Å². The summed E-state index contributed by atoms with van der Waals surface area (Å²) < 4.78 is 12.0. The van der Waals surface area contributed by atoms with E-state index in [0.29, 0.717) is 12.8 Å².